The molecule has 1 aromatic rings. The summed E-state index contributed by atoms with van der Waals surface area (Å²) in [5.74, 6) is 1.62. The van der Waals surface area contributed by atoms with Gasteiger partial charge in [0.25, 0.3) is 0 Å². The van der Waals surface area contributed by atoms with Gasteiger partial charge in [0, 0.05) is 6.54 Å². The smallest absolute Gasteiger partial charge is 0.234 e. The molecule has 1 saturated heterocycles. The molecule has 1 amide bonds. The highest BCUT2D eigenvalue weighted by Gasteiger charge is 2.15. The van der Waals surface area contributed by atoms with E-state index in [0.717, 1.165) is 30.2 Å². The van der Waals surface area contributed by atoms with Crippen LogP contribution in [0.3, 0.4) is 0 Å². The van der Waals surface area contributed by atoms with Crippen LogP contribution in [0.15, 0.2) is 18.2 Å². The van der Waals surface area contributed by atoms with E-state index in [1.54, 1.807) is 0 Å². The summed E-state index contributed by atoms with van der Waals surface area (Å²) in [5.41, 5.74) is 1.03. The molecule has 0 spiro atoms. The highest BCUT2D eigenvalue weighted by atomic mass is 16.7. The van der Waals surface area contributed by atoms with E-state index < -0.39 is 0 Å². The quantitative estimate of drug-likeness (QED) is 0.920. The van der Waals surface area contributed by atoms with Gasteiger partial charge in [0.1, 0.15) is 0 Å². The van der Waals surface area contributed by atoms with Crippen LogP contribution >= 0.6 is 0 Å². The van der Waals surface area contributed by atoms with Crippen molar-refractivity contribution in [1.29, 1.82) is 0 Å². The van der Waals surface area contributed by atoms with Gasteiger partial charge in [-0.3, -0.25) is 9.69 Å². The van der Waals surface area contributed by atoms with Gasteiger partial charge in [-0.15, -0.1) is 0 Å². The average Bonchev–Trinajstić information content (AvgIpc) is 2.81. The summed E-state index contributed by atoms with van der Waals surface area (Å²) in [7, 11) is 0. The van der Waals surface area contributed by atoms with Crippen LogP contribution in [-0.2, 0) is 11.3 Å². The summed E-state index contributed by atoms with van der Waals surface area (Å²) >= 11 is 0. The van der Waals surface area contributed by atoms with E-state index in [1.165, 1.54) is 25.7 Å². The van der Waals surface area contributed by atoms with E-state index in [0.29, 0.717) is 13.1 Å². The number of hydrogen-bond donors (Lipinski definition) is 1. The van der Waals surface area contributed by atoms with Gasteiger partial charge in [-0.25, -0.2) is 0 Å². The second kappa shape index (κ2) is 6.80. The lowest BCUT2D eigenvalue weighted by Gasteiger charge is -2.19. The maximum absolute atomic E-state index is 12.0. The van der Waals surface area contributed by atoms with Gasteiger partial charge in [-0.1, -0.05) is 18.9 Å². The summed E-state index contributed by atoms with van der Waals surface area (Å²) in [5, 5.41) is 2.98. The minimum atomic E-state index is 0.0922. The van der Waals surface area contributed by atoms with Crippen molar-refractivity contribution in [2.24, 2.45) is 0 Å². The summed E-state index contributed by atoms with van der Waals surface area (Å²) < 4.78 is 10.6. The SMILES string of the molecule is O=C(CN1CCCCCC1)NCc1ccc2c(c1)OCO2. The molecular formula is C16H22N2O3. The van der Waals surface area contributed by atoms with Gasteiger partial charge in [0.15, 0.2) is 11.5 Å². The number of nitrogens with zero attached hydrogens (tertiary/aromatic N) is 1. The van der Waals surface area contributed by atoms with Crippen molar-refractivity contribution in [2.45, 2.75) is 32.2 Å². The van der Waals surface area contributed by atoms with Crippen LogP contribution in [0.2, 0.25) is 0 Å². The summed E-state index contributed by atoms with van der Waals surface area (Å²) in [6.07, 6.45) is 4.98. The minimum Gasteiger partial charge on any atom is -0.454 e. The van der Waals surface area contributed by atoms with Crippen LogP contribution in [-0.4, -0.2) is 37.2 Å². The molecule has 0 aromatic heterocycles. The normalized spacial score (nSPS) is 18.3. The third-order valence-corrected chi connectivity index (χ3v) is 3.99. The third-order valence-electron chi connectivity index (χ3n) is 3.99. The van der Waals surface area contributed by atoms with E-state index in [-0.39, 0.29) is 12.7 Å². The molecule has 0 unspecified atom stereocenters. The Kier molecular flexibility index (Phi) is 4.60. The van der Waals surface area contributed by atoms with E-state index in [9.17, 15) is 4.79 Å². The maximum atomic E-state index is 12.0. The molecule has 5 heteroatoms. The van der Waals surface area contributed by atoms with Crippen LogP contribution < -0.4 is 14.8 Å². The fraction of sp³-hybridized carbons (Fsp3) is 0.562. The Morgan fingerprint density at radius 1 is 1.10 bits per heavy atom. The first-order valence-corrected chi connectivity index (χ1v) is 7.69. The van der Waals surface area contributed by atoms with Crippen LogP contribution in [0.5, 0.6) is 11.5 Å². The van der Waals surface area contributed by atoms with Crippen molar-refractivity contribution in [3.63, 3.8) is 0 Å². The van der Waals surface area contributed by atoms with Crippen molar-refractivity contribution in [2.75, 3.05) is 26.4 Å². The zero-order valence-electron chi connectivity index (χ0n) is 12.3. The first-order valence-electron chi connectivity index (χ1n) is 7.69. The standard InChI is InChI=1S/C16H22N2O3/c19-16(11-18-7-3-1-2-4-8-18)17-10-13-5-6-14-15(9-13)21-12-20-14/h5-6,9H,1-4,7-8,10-12H2,(H,17,19). The second-order valence-electron chi connectivity index (χ2n) is 5.65. The largest absolute Gasteiger partial charge is 0.454 e. The number of carbonyl (C=O) groups is 1. The molecule has 0 radical (unpaired) electrons. The molecule has 1 N–H and O–H groups in total. The zero-order valence-corrected chi connectivity index (χ0v) is 12.3. The lowest BCUT2D eigenvalue weighted by atomic mass is 10.2. The first-order chi connectivity index (χ1) is 10.3. The van der Waals surface area contributed by atoms with E-state index in [1.807, 2.05) is 18.2 Å². The van der Waals surface area contributed by atoms with E-state index >= 15 is 0 Å². The Morgan fingerprint density at radius 3 is 2.67 bits per heavy atom. The van der Waals surface area contributed by atoms with E-state index in [2.05, 4.69) is 10.2 Å². The zero-order chi connectivity index (χ0) is 14.5. The van der Waals surface area contributed by atoms with Crippen molar-refractivity contribution >= 4 is 5.91 Å². The summed E-state index contributed by atoms with van der Waals surface area (Å²) in [4.78, 5) is 14.3. The molecule has 1 fully saturated rings. The van der Waals surface area contributed by atoms with Crippen LogP contribution in [0.1, 0.15) is 31.2 Å². The van der Waals surface area contributed by atoms with Crippen molar-refractivity contribution < 1.29 is 14.3 Å². The molecule has 21 heavy (non-hydrogen) atoms. The van der Waals surface area contributed by atoms with Gasteiger partial charge >= 0.3 is 0 Å². The number of carbonyl (C=O) groups excluding carboxylic acids is 1. The minimum absolute atomic E-state index is 0.0922. The van der Waals surface area contributed by atoms with Gasteiger partial charge in [-0.2, -0.15) is 0 Å². The molecule has 0 saturated carbocycles. The first kappa shape index (κ1) is 14.2. The molecular weight excluding hydrogens is 268 g/mol. The molecule has 114 valence electrons. The van der Waals surface area contributed by atoms with Crippen molar-refractivity contribution in [3.8, 4) is 11.5 Å². The summed E-state index contributed by atoms with van der Waals surface area (Å²) in [6, 6.07) is 5.77. The fourth-order valence-corrected chi connectivity index (χ4v) is 2.80. The lowest BCUT2D eigenvalue weighted by Crippen LogP contribution is -2.37. The number of ether oxygens (including phenoxy) is 2. The summed E-state index contributed by atoms with van der Waals surface area (Å²) in [6.45, 7) is 3.39. The number of likely N-dealkylation sites (tertiary alicyclic amines) is 1. The highest BCUT2D eigenvalue weighted by Crippen LogP contribution is 2.32. The van der Waals surface area contributed by atoms with Gasteiger partial charge in [0.2, 0.25) is 12.7 Å². The molecule has 0 bridgehead atoms. The lowest BCUT2D eigenvalue weighted by molar-refractivity contribution is -0.122. The molecule has 0 aliphatic carbocycles. The van der Waals surface area contributed by atoms with Gasteiger partial charge in [-0.05, 0) is 43.6 Å². The number of nitrogens with one attached hydrogen (secondary N) is 1. The van der Waals surface area contributed by atoms with Crippen molar-refractivity contribution in [3.05, 3.63) is 23.8 Å². The second-order valence-corrected chi connectivity index (χ2v) is 5.65. The Morgan fingerprint density at radius 2 is 1.86 bits per heavy atom. The average molecular weight is 290 g/mol. The molecule has 0 atom stereocenters. The monoisotopic (exact) mass is 290 g/mol. The molecule has 3 rings (SSSR count). The Hall–Kier alpha value is -1.75. The number of fused-ring (bicyclic) bond motifs is 1. The highest BCUT2D eigenvalue weighted by molar-refractivity contribution is 5.78. The number of hydrogen-bond acceptors (Lipinski definition) is 4. The Labute approximate surface area is 125 Å². The third kappa shape index (κ3) is 3.88. The topological polar surface area (TPSA) is 50.8 Å². The van der Waals surface area contributed by atoms with Crippen LogP contribution in [0.4, 0.5) is 0 Å². The predicted octanol–water partition coefficient (Wildman–Crippen LogP) is 1.91. The molecule has 2 aliphatic rings. The fourth-order valence-electron chi connectivity index (χ4n) is 2.80. The number of benzene rings is 1. The van der Waals surface area contributed by atoms with Gasteiger partial charge in [0.05, 0.1) is 6.54 Å². The predicted molar refractivity (Wildman–Crippen MR) is 79.3 cm³/mol. The number of amides is 1. The molecule has 2 heterocycles. The molecule has 1 aromatic carbocycles. The van der Waals surface area contributed by atoms with E-state index in [4.69, 9.17) is 9.47 Å². The molecule has 5 nitrogen and oxygen atoms in total. The van der Waals surface area contributed by atoms with Crippen molar-refractivity contribution in [1.82, 2.24) is 10.2 Å². The maximum Gasteiger partial charge on any atom is 0.234 e. The Bertz CT molecular complexity index is 496. The molecule has 2 aliphatic heterocycles. The Balaban J connectivity index is 1.47. The van der Waals surface area contributed by atoms with Gasteiger partial charge < -0.3 is 14.8 Å². The van der Waals surface area contributed by atoms with Crippen LogP contribution in [0, 0.1) is 0 Å². The van der Waals surface area contributed by atoms with Crippen LogP contribution in [0.25, 0.3) is 0 Å². The number of rotatable bonds is 4.